The molecule has 8 heteroatoms. The predicted molar refractivity (Wildman–Crippen MR) is 97.8 cm³/mol. The molecule has 0 aliphatic carbocycles. The van der Waals surface area contributed by atoms with E-state index in [9.17, 15) is 9.59 Å². The van der Waals surface area contributed by atoms with Crippen LogP contribution in [0.4, 0.5) is 0 Å². The van der Waals surface area contributed by atoms with Crippen molar-refractivity contribution in [2.24, 2.45) is 0 Å². The largest absolute Gasteiger partial charge is 0.452 e. The van der Waals surface area contributed by atoms with Gasteiger partial charge in [0.15, 0.2) is 6.61 Å². The van der Waals surface area contributed by atoms with Crippen molar-refractivity contribution < 1.29 is 18.8 Å². The number of thiophene rings is 1. The third kappa shape index (κ3) is 4.06. The summed E-state index contributed by atoms with van der Waals surface area (Å²) in [6, 6.07) is 8.96. The molecule has 27 heavy (non-hydrogen) atoms. The number of amides is 1. The average Bonchev–Trinajstić information content (AvgIpc) is 3.43. The number of hydrogen-bond donors (Lipinski definition) is 0. The van der Waals surface area contributed by atoms with Gasteiger partial charge in [-0.3, -0.25) is 4.79 Å². The van der Waals surface area contributed by atoms with E-state index >= 15 is 0 Å². The number of benzene rings is 1. The van der Waals surface area contributed by atoms with Crippen LogP contribution in [0.3, 0.4) is 0 Å². The van der Waals surface area contributed by atoms with Gasteiger partial charge in [-0.25, -0.2) is 4.79 Å². The lowest BCUT2D eigenvalue weighted by molar-refractivity contribution is -0.128. The van der Waals surface area contributed by atoms with Crippen LogP contribution >= 0.6 is 11.3 Å². The molecule has 7 nitrogen and oxygen atoms in total. The lowest BCUT2D eigenvalue weighted by Crippen LogP contribution is -2.23. The summed E-state index contributed by atoms with van der Waals surface area (Å²) in [5.41, 5.74) is 2.29. The van der Waals surface area contributed by atoms with Crippen LogP contribution in [-0.4, -0.2) is 33.5 Å². The molecule has 0 atom stereocenters. The van der Waals surface area contributed by atoms with E-state index in [0.29, 0.717) is 24.4 Å². The predicted octanol–water partition coefficient (Wildman–Crippen LogP) is 3.28. The van der Waals surface area contributed by atoms with E-state index in [4.69, 9.17) is 9.26 Å². The summed E-state index contributed by atoms with van der Waals surface area (Å²) in [6.07, 6.45) is 1.53. The molecule has 1 aliphatic rings. The Bertz CT molecular complexity index is 934. The summed E-state index contributed by atoms with van der Waals surface area (Å²) in [7, 11) is 0. The molecule has 1 saturated heterocycles. The Labute approximate surface area is 159 Å². The first-order valence-corrected chi connectivity index (χ1v) is 9.52. The molecular formula is C19H17N3O4S. The van der Waals surface area contributed by atoms with Gasteiger partial charge in [0.25, 0.3) is 5.89 Å². The maximum Gasteiger partial charge on any atom is 0.338 e. The Morgan fingerprint density at radius 2 is 2.11 bits per heavy atom. The molecule has 1 aliphatic heterocycles. The highest BCUT2D eigenvalue weighted by Crippen LogP contribution is 2.19. The van der Waals surface area contributed by atoms with Gasteiger partial charge < -0.3 is 14.2 Å². The van der Waals surface area contributed by atoms with Gasteiger partial charge in [0.2, 0.25) is 11.7 Å². The van der Waals surface area contributed by atoms with E-state index in [-0.39, 0.29) is 18.4 Å². The lowest BCUT2D eigenvalue weighted by Gasteiger charge is -2.15. The Kier molecular flexibility index (Phi) is 4.97. The van der Waals surface area contributed by atoms with Crippen molar-refractivity contribution in [1.29, 1.82) is 0 Å². The molecule has 3 heterocycles. The Hall–Kier alpha value is -3.00. The first kappa shape index (κ1) is 17.4. The van der Waals surface area contributed by atoms with Gasteiger partial charge in [-0.2, -0.15) is 16.3 Å². The number of esters is 1. The van der Waals surface area contributed by atoms with E-state index in [1.807, 2.05) is 33.9 Å². The number of hydrogen-bond acceptors (Lipinski definition) is 7. The van der Waals surface area contributed by atoms with Crippen LogP contribution in [0.2, 0.25) is 0 Å². The molecule has 0 N–H and O–H groups in total. The van der Waals surface area contributed by atoms with Gasteiger partial charge in [0.1, 0.15) is 0 Å². The maximum atomic E-state index is 12.2. The number of aromatic nitrogens is 2. The Balaban J connectivity index is 1.32. The summed E-state index contributed by atoms with van der Waals surface area (Å²) in [4.78, 5) is 29.9. The summed E-state index contributed by atoms with van der Waals surface area (Å²) >= 11 is 1.54. The average molecular weight is 383 g/mol. The Morgan fingerprint density at radius 1 is 1.26 bits per heavy atom. The molecule has 0 bridgehead atoms. The monoisotopic (exact) mass is 383 g/mol. The van der Waals surface area contributed by atoms with Gasteiger partial charge in [-0.15, -0.1) is 0 Å². The number of likely N-dealkylation sites (tertiary alicyclic amines) is 1. The second-order valence-electron chi connectivity index (χ2n) is 6.22. The highest BCUT2D eigenvalue weighted by molar-refractivity contribution is 7.08. The van der Waals surface area contributed by atoms with Gasteiger partial charge in [-0.05, 0) is 35.6 Å². The van der Waals surface area contributed by atoms with Crippen LogP contribution < -0.4 is 0 Å². The zero-order chi connectivity index (χ0) is 18.6. The third-order valence-electron chi connectivity index (χ3n) is 4.31. The minimum Gasteiger partial charge on any atom is -0.452 e. The quantitative estimate of drug-likeness (QED) is 0.607. The summed E-state index contributed by atoms with van der Waals surface area (Å²) in [5, 5.41) is 7.71. The van der Waals surface area contributed by atoms with E-state index in [2.05, 4.69) is 10.1 Å². The minimum absolute atomic E-state index is 0.0833. The van der Waals surface area contributed by atoms with E-state index < -0.39 is 5.97 Å². The van der Waals surface area contributed by atoms with E-state index in [0.717, 1.165) is 24.1 Å². The van der Waals surface area contributed by atoms with Gasteiger partial charge in [-0.1, -0.05) is 17.3 Å². The Morgan fingerprint density at radius 3 is 2.81 bits per heavy atom. The van der Waals surface area contributed by atoms with Crippen molar-refractivity contribution in [2.45, 2.75) is 26.0 Å². The van der Waals surface area contributed by atoms with Crippen LogP contribution in [0.1, 0.15) is 34.7 Å². The molecule has 4 rings (SSSR count). The molecule has 1 amide bonds. The van der Waals surface area contributed by atoms with Gasteiger partial charge in [0, 0.05) is 30.5 Å². The normalized spacial score (nSPS) is 13.9. The highest BCUT2D eigenvalue weighted by atomic mass is 32.1. The lowest BCUT2D eigenvalue weighted by atomic mass is 10.1. The molecule has 0 unspecified atom stereocenters. The van der Waals surface area contributed by atoms with Crippen molar-refractivity contribution in [3.8, 4) is 11.4 Å². The zero-order valence-corrected chi connectivity index (χ0v) is 15.3. The molecule has 0 spiro atoms. The standard InChI is InChI=1S/C19H17N3O4S/c23-17-2-1-8-22(17)10-13-3-5-14(6-4-13)19(24)25-11-16-20-18(21-26-16)15-7-9-27-12-15/h3-7,9,12H,1-2,8,10-11H2. The fourth-order valence-corrected chi connectivity index (χ4v) is 3.51. The van der Waals surface area contributed by atoms with Crippen LogP contribution in [0, 0.1) is 0 Å². The van der Waals surface area contributed by atoms with Crippen molar-refractivity contribution in [1.82, 2.24) is 15.0 Å². The van der Waals surface area contributed by atoms with Gasteiger partial charge >= 0.3 is 5.97 Å². The second kappa shape index (κ2) is 7.71. The summed E-state index contributed by atoms with van der Waals surface area (Å²) in [6.45, 7) is 1.28. The number of ether oxygens (including phenoxy) is 1. The zero-order valence-electron chi connectivity index (χ0n) is 14.5. The summed E-state index contributed by atoms with van der Waals surface area (Å²) in [5.74, 6) is 0.436. The molecule has 1 fully saturated rings. The fourth-order valence-electron chi connectivity index (χ4n) is 2.87. The fraction of sp³-hybridized carbons (Fsp3) is 0.263. The minimum atomic E-state index is -0.464. The smallest absolute Gasteiger partial charge is 0.338 e. The highest BCUT2D eigenvalue weighted by Gasteiger charge is 2.20. The molecule has 1 aromatic carbocycles. The number of carbonyl (C=O) groups excluding carboxylic acids is 2. The second-order valence-corrected chi connectivity index (χ2v) is 7.00. The van der Waals surface area contributed by atoms with Crippen molar-refractivity contribution >= 4 is 23.2 Å². The van der Waals surface area contributed by atoms with E-state index in [1.54, 1.807) is 23.5 Å². The molecule has 2 aromatic heterocycles. The number of carbonyl (C=O) groups is 2. The van der Waals surface area contributed by atoms with Crippen molar-refractivity contribution in [2.75, 3.05) is 6.54 Å². The van der Waals surface area contributed by atoms with Crippen LogP contribution in [0.5, 0.6) is 0 Å². The molecular weight excluding hydrogens is 366 g/mol. The third-order valence-corrected chi connectivity index (χ3v) is 4.99. The number of nitrogens with zero attached hydrogens (tertiary/aromatic N) is 3. The van der Waals surface area contributed by atoms with Crippen molar-refractivity contribution in [3.05, 3.63) is 58.1 Å². The molecule has 3 aromatic rings. The van der Waals surface area contributed by atoms with Crippen LogP contribution in [-0.2, 0) is 22.7 Å². The van der Waals surface area contributed by atoms with Crippen LogP contribution in [0.15, 0.2) is 45.6 Å². The van der Waals surface area contributed by atoms with Gasteiger partial charge in [0.05, 0.1) is 5.56 Å². The first-order valence-electron chi connectivity index (χ1n) is 8.58. The van der Waals surface area contributed by atoms with E-state index in [1.165, 1.54) is 0 Å². The molecule has 138 valence electrons. The first-order chi connectivity index (χ1) is 13.2. The van der Waals surface area contributed by atoms with Crippen LogP contribution in [0.25, 0.3) is 11.4 Å². The SMILES string of the molecule is O=C(OCc1nc(-c2ccsc2)no1)c1ccc(CN2CCCC2=O)cc1. The number of rotatable bonds is 6. The maximum absolute atomic E-state index is 12.2. The summed E-state index contributed by atoms with van der Waals surface area (Å²) < 4.78 is 10.3. The molecule has 0 radical (unpaired) electrons. The van der Waals surface area contributed by atoms with Crippen molar-refractivity contribution in [3.63, 3.8) is 0 Å². The molecule has 0 saturated carbocycles. The topological polar surface area (TPSA) is 85.5 Å².